The lowest BCUT2D eigenvalue weighted by atomic mass is 10.1. The largest absolute Gasteiger partial charge is 0.369 e. The van der Waals surface area contributed by atoms with Crippen LogP contribution in [0.1, 0.15) is 12.0 Å². The van der Waals surface area contributed by atoms with Gasteiger partial charge in [-0.05, 0) is 37.1 Å². The average molecular weight is 296 g/mol. The molecule has 0 amide bonds. The van der Waals surface area contributed by atoms with E-state index < -0.39 is 0 Å². The van der Waals surface area contributed by atoms with Crippen LogP contribution in [0.4, 0.5) is 5.82 Å². The standard InChI is InChI=1S/C16H20N6/c17-11-15-3-1-5-18-16(15)19-12-14-4-8-21(13-14)9-10-22-7-2-6-20-22/h1-3,5-7,14H,4,8-10,12-13H2,(H,18,19). The second-order valence-corrected chi connectivity index (χ2v) is 5.62. The predicted octanol–water partition coefficient (Wildman–Crippen LogP) is 1.58. The maximum absolute atomic E-state index is 9.07. The molecule has 2 aromatic rings. The minimum Gasteiger partial charge on any atom is -0.369 e. The van der Waals surface area contributed by atoms with E-state index in [1.54, 1.807) is 18.3 Å². The number of nitriles is 1. The number of anilines is 1. The molecule has 3 heterocycles. The summed E-state index contributed by atoms with van der Waals surface area (Å²) in [5, 5.41) is 16.6. The lowest BCUT2D eigenvalue weighted by Crippen LogP contribution is -2.27. The van der Waals surface area contributed by atoms with Crippen molar-refractivity contribution in [1.29, 1.82) is 5.26 Å². The van der Waals surface area contributed by atoms with Gasteiger partial charge in [0.1, 0.15) is 11.9 Å². The van der Waals surface area contributed by atoms with E-state index in [0.717, 1.165) is 32.7 Å². The Labute approximate surface area is 130 Å². The highest BCUT2D eigenvalue weighted by atomic mass is 15.3. The van der Waals surface area contributed by atoms with Crippen molar-refractivity contribution >= 4 is 5.82 Å². The summed E-state index contributed by atoms with van der Waals surface area (Å²) in [6, 6.07) is 7.71. The fraction of sp³-hybridized carbons (Fsp3) is 0.438. The highest BCUT2D eigenvalue weighted by molar-refractivity contribution is 5.51. The summed E-state index contributed by atoms with van der Waals surface area (Å²) in [5.74, 6) is 1.30. The number of hydrogen-bond donors (Lipinski definition) is 1. The molecule has 1 atom stereocenters. The van der Waals surface area contributed by atoms with E-state index in [-0.39, 0.29) is 0 Å². The number of likely N-dealkylation sites (tertiary alicyclic amines) is 1. The Hall–Kier alpha value is -2.39. The third kappa shape index (κ3) is 3.62. The number of aromatic nitrogens is 3. The van der Waals surface area contributed by atoms with Crippen LogP contribution in [0.15, 0.2) is 36.8 Å². The number of nitrogens with zero attached hydrogens (tertiary/aromatic N) is 5. The Bertz CT molecular complexity index is 630. The molecule has 1 aliphatic heterocycles. The molecule has 114 valence electrons. The number of pyridine rings is 1. The Morgan fingerprint density at radius 3 is 3.09 bits per heavy atom. The summed E-state index contributed by atoms with van der Waals surface area (Å²) in [7, 11) is 0. The molecule has 0 radical (unpaired) electrons. The van der Waals surface area contributed by atoms with Crippen LogP contribution in [0.25, 0.3) is 0 Å². The van der Waals surface area contributed by atoms with Crippen LogP contribution in [0, 0.1) is 17.2 Å². The quantitative estimate of drug-likeness (QED) is 0.876. The summed E-state index contributed by atoms with van der Waals surface area (Å²) < 4.78 is 1.97. The van der Waals surface area contributed by atoms with Crippen molar-refractivity contribution in [2.24, 2.45) is 5.92 Å². The number of rotatable bonds is 6. The van der Waals surface area contributed by atoms with Crippen molar-refractivity contribution in [2.45, 2.75) is 13.0 Å². The first-order valence-corrected chi connectivity index (χ1v) is 7.64. The van der Waals surface area contributed by atoms with Crippen LogP contribution in [0.5, 0.6) is 0 Å². The van der Waals surface area contributed by atoms with E-state index in [9.17, 15) is 0 Å². The van der Waals surface area contributed by atoms with Crippen LogP contribution in [0.3, 0.4) is 0 Å². The summed E-state index contributed by atoms with van der Waals surface area (Å²) in [4.78, 5) is 6.71. The van der Waals surface area contributed by atoms with E-state index in [1.807, 2.05) is 23.1 Å². The molecule has 22 heavy (non-hydrogen) atoms. The predicted molar refractivity (Wildman–Crippen MR) is 84.2 cm³/mol. The molecular formula is C16H20N6. The van der Waals surface area contributed by atoms with Gasteiger partial charge in [0.05, 0.1) is 12.1 Å². The molecule has 0 saturated carbocycles. The van der Waals surface area contributed by atoms with Gasteiger partial charge in [-0.3, -0.25) is 4.68 Å². The fourth-order valence-corrected chi connectivity index (χ4v) is 2.84. The molecule has 0 aromatic carbocycles. The summed E-state index contributed by atoms with van der Waals surface area (Å²) in [6.45, 7) is 5.05. The number of hydrogen-bond acceptors (Lipinski definition) is 5. The Kier molecular flexibility index (Phi) is 4.66. The lowest BCUT2D eigenvalue weighted by Gasteiger charge is -2.16. The summed E-state index contributed by atoms with van der Waals surface area (Å²) in [6.07, 6.45) is 6.71. The van der Waals surface area contributed by atoms with E-state index >= 15 is 0 Å². The summed E-state index contributed by atoms with van der Waals surface area (Å²) in [5.41, 5.74) is 0.607. The Morgan fingerprint density at radius 2 is 2.27 bits per heavy atom. The van der Waals surface area contributed by atoms with Crippen molar-refractivity contribution in [3.63, 3.8) is 0 Å². The van der Waals surface area contributed by atoms with Gasteiger partial charge in [-0.1, -0.05) is 0 Å². The molecule has 1 unspecified atom stereocenters. The van der Waals surface area contributed by atoms with Gasteiger partial charge in [0.25, 0.3) is 0 Å². The highest BCUT2D eigenvalue weighted by Crippen LogP contribution is 2.18. The maximum Gasteiger partial charge on any atom is 0.143 e. The molecule has 1 N–H and O–H groups in total. The van der Waals surface area contributed by atoms with Crippen LogP contribution in [0.2, 0.25) is 0 Å². The van der Waals surface area contributed by atoms with Crippen molar-refractivity contribution in [1.82, 2.24) is 19.7 Å². The molecule has 0 aliphatic carbocycles. The minimum atomic E-state index is 0.603. The van der Waals surface area contributed by atoms with E-state index in [2.05, 4.69) is 26.4 Å². The van der Waals surface area contributed by atoms with Gasteiger partial charge in [0, 0.05) is 38.2 Å². The number of nitrogens with one attached hydrogen (secondary N) is 1. The normalized spacial score (nSPS) is 18.2. The second-order valence-electron chi connectivity index (χ2n) is 5.62. The van der Waals surface area contributed by atoms with Crippen LogP contribution >= 0.6 is 0 Å². The lowest BCUT2D eigenvalue weighted by molar-refractivity contribution is 0.305. The average Bonchev–Trinajstić information content (AvgIpc) is 3.22. The van der Waals surface area contributed by atoms with Gasteiger partial charge in [-0.15, -0.1) is 0 Å². The van der Waals surface area contributed by atoms with E-state index in [1.165, 1.54) is 6.42 Å². The van der Waals surface area contributed by atoms with Crippen molar-refractivity contribution in [3.05, 3.63) is 42.4 Å². The van der Waals surface area contributed by atoms with Crippen LogP contribution in [-0.4, -0.2) is 45.8 Å². The molecule has 6 heteroatoms. The zero-order chi connectivity index (χ0) is 15.2. The molecule has 3 rings (SSSR count). The van der Waals surface area contributed by atoms with Crippen molar-refractivity contribution in [3.8, 4) is 6.07 Å². The van der Waals surface area contributed by atoms with Crippen LogP contribution < -0.4 is 5.32 Å². The van der Waals surface area contributed by atoms with Gasteiger partial charge in [0.15, 0.2) is 0 Å². The van der Waals surface area contributed by atoms with E-state index in [4.69, 9.17) is 5.26 Å². The van der Waals surface area contributed by atoms with E-state index in [0.29, 0.717) is 17.3 Å². The van der Waals surface area contributed by atoms with Crippen molar-refractivity contribution < 1.29 is 0 Å². The maximum atomic E-state index is 9.07. The topological polar surface area (TPSA) is 69.8 Å². The first-order chi connectivity index (χ1) is 10.8. The molecule has 1 saturated heterocycles. The minimum absolute atomic E-state index is 0.603. The van der Waals surface area contributed by atoms with Gasteiger partial charge < -0.3 is 10.2 Å². The Balaban J connectivity index is 1.44. The molecule has 6 nitrogen and oxygen atoms in total. The van der Waals surface area contributed by atoms with Gasteiger partial charge in [-0.2, -0.15) is 10.4 Å². The van der Waals surface area contributed by atoms with Crippen LogP contribution in [-0.2, 0) is 6.54 Å². The molecule has 0 bridgehead atoms. The first kappa shape index (κ1) is 14.5. The second kappa shape index (κ2) is 7.05. The molecular weight excluding hydrogens is 276 g/mol. The first-order valence-electron chi connectivity index (χ1n) is 7.64. The fourth-order valence-electron chi connectivity index (χ4n) is 2.84. The van der Waals surface area contributed by atoms with Crippen molar-refractivity contribution in [2.75, 3.05) is 31.5 Å². The smallest absolute Gasteiger partial charge is 0.143 e. The third-order valence-corrected chi connectivity index (χ3v) is 4.06. The van der Waals surface area contributed by atoms with Gasteiger partial charge in [0.2, 0.25) is 0 Å². The molecule has 1 aliphatic rings. The molecule has 1 fully saturated rings. The van der Waals surface area contributed by atoms with Gasteiger partial charge >= 0.3 is 0 Å². The zero-order valence-electron chi connectivity index (χ0n) is 12.5. The third-order valence-electron chi connectivity index (χ3n) is 4.06. The molecule has 2 aromatic heterocycles. The molecule has 0 spiro atoms. The monoisotopic (exact) mass is 296 g/mol. The highest BCUT2D eigenvalue weighted by Gasteiger charge is 2.22. The Morgan fingerprint density at radius 1 is 1.32 bits per heavy atom. The SMILES string of the molecule is N#Cc1cccnc1NCC1CCN(CCn2cccn2)C1. The van der Waals surface area contributed by atoms with Gasteiger partial charge in [-0.25, -0.2) is 4.98 Å². The zero-order valence-corrected chi connectivity index (χ0v) is 12.5. The summed E-state index contributed by atoms with van der Waals surface area (Å²) >= 11 is 0.